The number of hydrogen-bond acceptors (Lipinski definition) is 3. The topological polar surface area (TPSA) is 41.5 Å². The number of ether oxygens (including phenoxy) is 1. The maximum Gasteiger partial charge on any atom is 0.0875 e. The number of hydrogen-bond donors (Lipinski definition) is 2. The standard InChI is InChI=1S/C12H25NO2/c1-4-12(14,5-2)9-15-11-6-10(7-11)8-13-3/h10-11,13-14H,4-9H2,1-3H3. The molecular formula is C12H25NO2. The zero-order valence-electron chi connectivity index (χ0n) is 10.3. The second-order valence-electron chi connectivity index (χ2n) is 4.76. The normalized spacial score (nSPS) is 26.4. The Morgan fingerprint density at radius 3 is 2.40 bits per heavy atom. The average Bonchev–Trinajstić information content (AvgIpc) is 2.21. The van der Waals surface area contributed by atoms with Gasteiger partial charge in [-0.15, -0.1) is 0 Å². The van der Waals surface area contributed by atoms with E-state index in [0.29, 0.717) is 12.7 Å². The summed E-state index contributed by atoms with van der Waals surface area (Å²) in [6.07, 6.45) is 4.22. The Balaban J connectivity index is 2.12. The van der Waals surface area contributed by atoms with Gasteiger partial charge in [0.1, 0.15) is 0 Å². The Labute approximate surface area is 93.2 Å². The van der Waals surface area contributed by atoms with E-state index >= 15 is 0 Å². The zero-order chi connectivity index (χ0) is 11.3. The molecule has 1 aliphatic rings. The predicted octanol–water partition coefficient (Wildman–Crippen LogP) is 1.55. The van der Waals surface area contributed by atoms with Crippen molar-refractivity contribution in [3.63, 3.8) is 0 Å². The van der Waals surface area contributed by atoms with Gasteiger partial charge in [0, 0.05) is 0 Å². The Hall–Kier alpha value is -0.120. The van der Waals surface area contributed by atoms with Crippen molar-refractivity contribution in [1.29, 1.82) is 0 Å². The summed E-state index contributed by atoms with van der Waals surface area (Å²) in [4.78, 5) is 0. The lowest BCUT2D eigenvalue weighted by molar-refractivity contribution is -0.108. The van der Waals surface area contributed by atoms with Gasteiger partial charge >= 0.3 is 0 Å². The van der Waals surface area contributed by atoms with Crippen LogP contribution in [0.4, 0.5) is 0 Å². The molecule has 1 fully saturated rings. The van der Waals surface area contributed by atoms with Gasteiger partial charge in [-0.25, -0.2) is 0 Å². The molecule has 90 valence electrons. The molecule has 0 aliphatic heterocycles. The molecule has 0 atom stereocenters. The fourth-order valence-electron chi connectivity index (χ4n) is 1.99. The summed E-state index contributed by atoms with van der Waals surface area (Å²) < 4.78 is 5.72. The highest BCUT2D eigenvalue weighted by molar-refractivity contribution is 4.83. The van der Waals surface area contributed by atoms with Crippen LogP contribution in [-0.2, 0) is 4.74 Å². The van der Waals surface area contributed by atoms with Crippen LogP contribution in [0.2, 0.25) is 0 Å². The third kappa shape index (κ3) is 3.74. The van der Waals surface area contributed by atoms with Gasteiger partial charge in [0.05, 0.1) is 18.3 Å². The van der Waals surface area contributed by atoms with Crippen molar-refractivity contribution in [2.24, 2.45) is 5.92 Å². The molecule has 0 saturated heterocycles. The molecule has 2 N–H and O–H groups in total. The lowest BCUT2D eigenvalue weighted by Crippen LogP contribution is -2.41. The van der Waals surface area contributed by atoms with Gasteiger partial charge < -0.3 is 15.2 Å². The first-order chi connectivity index (χ1) is 7.13. The highest BCUT2D eigenvalue weighted by Gasteiger charge is 2.32. The van der Waals surface area contributed by atoms with E-state index in [9.17, 15) is 5.11 Å². The summed E-state index contributed by atoms with van der Waals surface area (Å²) in [6, 6.07) is 0. The molecule has 3 nitrogen and oxygen atoms in total. The summed E-state index contributed by atoms with van der Waals surface area (Å²) in [6.45, 7) is 5.61. The van der Waals surface area contributed by atoms with Gasteiger partial charge in [0.2, 0.25) is 0 Å². The fourth-order valence-corrected chi connectivity index (χ4v) is 1.99. The molecule has 1 rings (SSSR count). The molecule has 0 aromatic rings. The van der Waals surface area contributed by atoms with E-state index in [1.165, 1.54) is 0 Å². The van der Waals surface area contributed by atoms with Crippen molar-refractivity contribution < 1.29 is 9.84 Å². The smallest absolute Gasteiger partial charge is 0.0875 e. The Bertz CT molecular complexity index is 174. The molecule has 0 aromatic carbocycles. The monoisotopic (exact) mass is 215 g/mol. The third-order valence-corrected chi connectivity index (χ3v) is 3.59. The maximum atomic E-state index is 10.0. The van der Waals surface area contributed by atoms with Crippen molar-refractivity contribution in [1.82, 2.24) is 5.32 Å². The molecule has 3 heteroatoms. The second kappa shape index (κ2) is 5.83. The lowest BCUT2D eigenvalue weighted by atomic mass is 9.82. The third-order valence-electron chi connectivity index (χ3n) is 3.59. The molecule has 0 heterocycles. The Morgan fingerprint density at radius 1 is 1.33 bits per heavy atom. The van der Waals surface area contributed by atoms with E-state index in [-0.39, 0.29) is 0 Å². The molecule has 0 aromatic heterocycles. The number of rotatable bonds is 7. The van der Waals surface area contributed by atoms with Crippen molar-refractivity contribution >= 4 is 0 Å². The van der Waals surface area contributed by atoms with Crippen LogP contribution in [0, 0.1) is 5.92 Å². The molecule has 0 amide bonds. The Kier molecular flexibility index (Phi) is 5.03. The fraction of sp³-hybridized carbons (Fsp3) is 1.00. The van der Waals surface area contributed by atoms with Crippen molar-refractivity contribution in [2.75, 3.05) is 20.2 Å². The molecular weight excluding hydrogens is 190 g/mol. The van der Waals surface area contributed by atoms with E-state index in [2.05, 4.69) is 5.32 Å². The van der Waals surface area contributed by atoms with Crippen LogP contribution >= 0.6 is 0 Å². The second-order valence-corrected chi connectivity index (χ2v) is 4.76. The molecule has 0 spiro atoms. The van der Waals surface area contributed by atoms with Crippen LogP contribution in [0.15, 0.2) is 0 Å². The number of aliphatic hydroxyl groups is 1. The van der Waals surface area contributed by atoms with Crippen LogP contribution in [0.1, 0.15) is 39.5 Å². The zero-order valence-corrected chi connectivity index (χ0v) is 10.3. The molecule has 0 unspecified atom stereocenters. The largest absolute Gasteiger partial charge is 0.388 e. The SMILES string of the molecule is CCC(O)(CC)COC1CC(CNC)C1. The average molecular weight is 215 g/mol. The van der Waals surface area contributed by atoms with Crippen LogP contribution < -0.4 is 5.32 Å². The molecule has 1 saturated carbocycles. The van der Waals surface area contributed by atoms with E-state index in [1.807, 2.05) is 20.9 Å². The van der Waals surface area contributed by atoms with E-state index in [4.69, 9.17) is 4.74 Å². The summed E-state index contributed by atoms with van der Waals surface area (Å²) in [5, 5.41) is 13.2. The quantitative estimate of drug-likeness (QED) is 0.677. The van der Waals surface area contributed by atoms with Gasteiger partial charge in [0.15, 0.2) is 0 Å². The van der Waals surface area contributed by atoms with Crippen LogP contribution in [0.25, 0.3) is 0 Å². The minimum atomic E-state index is -0.603. The van der Waals surface area contributed by atoms with Crippen molar-refractivity contribution in [3.8, 4) is 0 Å². The van der Waals surface area contributed by atoms with E-state index in [0.717, 1.165) is 38.1 Å². The predicted molar refractivity (Wildman–Crippen MR) is 61.9 cm³/mol. The minimum absolute atomic E-state index is 0.382. The lowest BCUT2D eigenvalue weighted by Gasteiger charge is -2.37. The summed E-state index contributed by atoms with van der Waals surface area (Å²) in [5.74, 6) is 0.774. The van der Waals surface area contributed by atoms with E-state index < -0.39 is 5.60 Å². The maximum absolute atomic E-state index is 10.0. The van der Waals surface area contributed by atoms with Gasteiger partial charge in [-0.05, 0) is 45.2 Å². The highest BCUT2D eigenvalue weighted by Crippen LogP contribution is 2.30. The first-order valence-electron chi connectivity index (χ1n) is 6.12. The minimum Gasteiger partial charge on any atom is -0.388 e. The first-order valence-corrected chi connectivity index (χ1v) is 6.12. The van der Waals surface area contributed by atoms with Gasteiger partial charge in [-0.3, -0.25) is 0 Å². The molecule has 1 aliphatic carbocycles. The molecule has 15 heavy (non-hydrogen) atoms. The first kappa shape index (κ1) is 12.9. The number of nitrogens with one attached hydrogen (secondary N) is 1. The van der Waals surface area contributed by atoms with Gasteiger partial charge in [-0.1, -0.05) is 13.8 Å². The summed E-state index contributed by atoms with van der Waals surface area (Å²) in [7, 11) is 1.99. The molecule has 0 radical (unpaired) electrons. The van der Waals surface area contributed by atoms with Crippen LogP contribution in [-0.4, -0.2) is 37.0 Å². The summed E-state index contributed by atoms with van der Waals surface area (Å²) in [5.41, 5.74) is -0.603. The van der Waals surface area contributed by atoms with Crippen LogP contribution in [0.3, 0.4) is 0 Å². The van der Waals surface area contributed by atoms with E-state index in [1.54, 1.807) is 0 Å². The van der Waals surface area contributed by atoms with Crippen molar-refractivity contribution in [3.05, 3.63) is 0 Å². The van der Waals surface area contributed by atoms with Gasteiger partial charge in [0.25, 0.3) is 0 Å². The highest BCUT2D eigenvalue weighted by atomic mass is 16.5. The molecule has 0 bridgehead atoms. The summed E-state index contributed by atoms with van der Waals surface area (Å²) >= 11 is 0. The Morgan fingerprint density at radius 2 is 1.93 bits per heavy atom. The van der Waals surface area contributed by atoms with Gasteiger partial charge in [-0.2, -0.15) is 0 Å². The van der Waals surface area contributed by atoms with Crippen molar-refractivity contribution in [2.45, 2.75) is 51.2 Å². The van der Waals surface area contributed by atoms with Crippen LogP contribution in [0.5, 0.6) is 0 Å².